The van der Waals surface area contributed by atoms with E-state index in [9.17, 15) is 5.11 Å². The second-order valence-electron chi connectivity index (χ2n) is 8.99. The van der Waals surface area contributed by atoms with Crippen molar-refractivity contribution in [2.75, 3.05) is 24.7 Å². The lowest BCUT2D eigenvalue weighted by molar-refractivity contribution is 0.0866. The number of aliphatic hydroxyl groups is 2. The average Bonchev–Trinajstić information content (AvgIpc) is 3.56. The molecule has 0 saturated carbocycles. The Morgan fingerprint density at radius 1 is 1.15 bits per heavy atom. The number of hydrogen-bond acceptors (Lipinski definition) is 7. The van der Waals surface area contributed by atoms with Crippen molar-refractivity contribution in [2.24, 2.45) is 0 Å². The quantitative estimate of drug-likeness (QED) is 0.546. The molecule has 1 aromatic carbocycles. The van der Waals surface area contributed by atoms with Crippen LogP contribution in [0.3, 0.4) is 0 Å². The highest BCUT2D eigenvalue weighted by Crippen LogP contribution is 2.33. The van der Waals surface area contributed by atoms with Gasteiger partial charge >= 0.3 is 0 Å². The zero-order valence-corrected chi connectivity index (χ0v) is 19.0. The van der Waals surface area contributed by atoms with Crippen LogP contribution in [0.4, 0.5) is 5.82 Å². The summed E-state index contributed by atoms with van der Waals surface area (Å²) in [4.78, 5) is 12.0. The van der Waals surface area contributed by atoms with E-state index >= 15 is 0 Å². The summed E-state index contributed by atoms with van der Waals surface area (Å²) in [5.41, 5.74) is 3.17. The zero-order chi connectivity index (χ0) is 22.8. The molecule has 2 fully saturated rings. The van der Waals surface area contributed by atoms with E-state index < -0.39 is 6.10 Å². The number of aromatic nitrogens is 4. The molecule has 0 bridgehead atoms. The third-order valence-corrected chi connectivity index (χ3v) is 6.56. The molecule has 0 spiro atoms. The van der Waals surface area contributed by atoms with Crippen LogP contribution < -0.4 is 4.90 Å². The SMILES string of the molecule is Cc1cccc(-c2ccn(-c3cc(N4CC[C@H]5OCC[C@H]54)nc(CCCC(O)CO)n3)n2)c1. The zero-order valence-electron chi connectivity index (χ0n) is 19.0. The van der Waals surface area contributed by atoms with Crippen LogP contribution in [-0.4, -0.2) is 68.0 Å². The molecule has 2 saturated heterocycles. The maximum absolute atomic E-state index is 9.70. The second kappa shape index (κ2) is 9.59. The standard InChI is InChI=1S/C25H31N5O3/c1-17-4-2-5-18(14-17)20-8-12-30(28-20)25-15-24(29-11-9-22-21(29)10-13-33-22)26-23(27-25)7-3-6-19(32)16-31/h2,4-5,8,12,14-15,19,21-22,31-32H,3,6-7,9-11,13,16H2,1H3/t19?,21-,22-/m1/s1. The third-order valence-electron chi connectivity index (χ3n) is 6.56. The molecule has 0 radical (unpaired) electrons. The van der Waals surface area contributed by atoms with E-state index in [4.69, 9.17) is 24.9 Å². The van der Waals surface area contributed by atoms with Gasteiger partial charge in [-0.3, -0.25) is 0 Å². The molecule has 3 aromatic rings. The minimum Gasteiger partial charge on any atom is -0.394 e. The highest BCUT2D eigenvalue weighted by Gasteiger charge is 2.39. The number of benzene rings is 1. The van der Waals surface area contributed by atoms with Gasteiger partial charge in [-0.15, -0.1) is 0 Å². The first kappa shape index (κ1) is 22.0. The maximum atomic E-state index is 9.70. The molecule has 33 heavy (non-hydrogen) atoms. The van der Waals surface area contributed by atoms with Crippen molar-refractivity contribution in [3.63, 3.8) is 0 Å². The van der Waals surface area contributed by atoms with E-state index in [2.05, 4.69) is 30.0 Å². The summed E-state index contributed by atoms with van der Waals surface area (Å²) in [5, 5.41) is 23.6. The molecule has 2 aliphatic heterocycles. The van der Waals surface area contributed by atoms with Crippen molar-refractivity contribution in [2.45, 2.75) is 57.3 Å². The fourth-order valence-corrected chi connectivity index (χ4v) is 4.83. The van der Waals surface area contributed by atoms with E-state index in [1.54, 1.807) is 0 Å². The number of ether oxygens (including phenoxy) is 1. The molecular weight excluding hydrogens is 418 g/mol. The predicted octanol–water partition coefficient (Wildman–Crippen LogP) is 2.68. The van der Waals surface area contributed by atoms with E-state index in [1.165, 1.54) is 5.56 Å². The molecule has 0 amide bonds. The Bertz CT molecular complexity index is 1100. The van der Waals surface area contributed by atoms with Crippen molar-refractivity contribution in [3.8, 4) is 17.1 Å². The fraction of sp³-hybridized carbons (Fsp3) is 0.480. The normalized spacial score (nSPS) is 20.9. The maximum Gasteiger partial charge on any atom is 0.159 e. The summed E-state index contributed by atoms with van der Waals surface area (Å²) >= 11 is 0. The van der Waals surface area contributed by atoms with Gasteiger partial charge in [0.15, 0.2) is 5.82 Å². The largest absolute Gasteiger partial charge is 0.394 e. The summed E-state index contributed by atoms with van der Waals surface area (Å²) in [6, 6.07) is 12.7. The first-order valence-electron chi connectivity index (χ1n) is 11.8. The van der Waals surface area contributed by atoms with Gasteiger partial charge < -0.3 is 19.8 Å². The van der Waals surface area contributed by atoms with Gasteiger partial charge in [0, 0.05) is 37.4 Å². The molecule has 8 nitrogen and oxygen atoms in total. The Labute approximate surface area is 193 Å². The van der Waals surface area contributed by atoms with Gasteiger partial charge in [-0.2, -0.15) is 5.10 Å². The van der Waals surface area contributed by atoms with Crippen molar-refractivity contribution in [3.05, 3.63) is 54.0 Å². The molecule has 2 aliphatic rings. The minimum absolute atomic E-state index is 0.224. The summed E-state index contributed by atoms with van der Waals surface area (Å²) in [5.74, 6) is 2.37. The van der Waals surface area contributed by atoms with Crippen molar-refractivity contribution >= 4 is 5.82 Å². The van der Waals surface area contributed by atoms with Gasteiger partial charge in [0.05, 0.1) is 30.6 Å². The highest BCUT2D eigenvalue weighted by molar-refractivity contribution is 5.60. The topological polar surface area (TPSA) is 96.5 Å². The monoisotopic (exact) mass is 449 g/mol. The van der Waals surface area contributed by atoms with Gasteiger partial charge in [0.25, 0.3) is 0 Å². The van der Waals surface area contributed by atoms with Crippen molar-refractivity contribution in [1.82, 2.24) is 19.7 Å². The first-order chi connectivity index (χ1) is 16.1. The lowest BCUT2D eigenvalue weighted by Crippen LogP contribution is -2.33. The van der Waals surface area contributed by atoms with Crippen LogP contribution in [0.2, 0.25) is 0 Å². The fourth-order valence-electron chi connectivity index (χ4n) is 4.83. The third kappa shape index (κ3) is 4.78. The van der Waals surface area contributed by atoms with Crippen LogP contribution in [0, 0.1) is 6.92 Å². The number of rotatable bonds is 8. The van der Waals surface area contributed by atoms with Gasteiger partial charge in [0.2, 0.25) is 0 Å². The van der Waals surface area contributed by atoms with Gasteiger partial charge in [-0.05, 0) is 44.7 Å². The summed E-state index contributed by atoms with van der Waals surface area (Å²) in [7, 11) is 0. The van der Waals surface area contributed by atoms with E-state index in [0.29, 0.717) is 25.3 Å². The van der Waals surface area contributed by atoms with Crippen LogP contribution in [-0.2, 0) is 11.2 Å². The van der Waals surface area contributed by atoms with Gasteiger partial charge in [-0.25, -0.2) is 14.6 Å². The molecule has 4 heterocycles. The first-order valence-corrected chi connectivity index (χ1v) is 11.8. The van der Waals surface area contributed by atoms with Crippen LogP contribution in [0.5, 0.6) is 0 Å². The Morgan fingerprint density at radius 3 is 2.88 bits per heavy atom. The smallest absolute Gasteiger partial charge is 0.159 e. The summed E-state index contributed by atoms with van der Waals surface area (Å²) in [6.45, 7) is 3.57. The number of hydrogen-bond donors (Lipinski definition) is 2. The Balaban J connectivity index is 1.45. The molecule has 8 heteroatoms. The van der Waals surface area contributed by atoms with Crippen LogP contribution in [0.25, 0.3) is 17.1 Å². The minimum atomic E-state index is -0.703. The Morgan fingerprint density at radius 2 is 2.03 bits per heavy atom. The van der Waals surface area contributed by atoms with Gasteiger partial charge in [0.1, 0.15) is 11.6 Å². The number of nitrogens with zero attached hydrogens (tertiary/aromatic N) is 5. The average molecular weight is 450 g/mol. The lowest BCUT2D eigenvalue weighted by Gasteiger charge is -2.24. The summed E-state index contributed by atoms with van der Waals surface area (Å²) < 4.78 is 7.70. The summed E-state index contributed by atoms with van der Waals surface area (Å²) in [6.07, 6.45) is 5.39. The number of anilines is 1. The van der Waals surface area contributed by atoms with E-state index in [0.717, 1.165) is 54.7 Å². The predicted molar refractivity (Wildman–Crippen MR) is 125 cm³/mol. The molecular formula is C25H31N5O3. The Hall–Kier alpha value is -2.81. The van der Waals surface area contributed by atoms with E-state index in [-0.39, 0.29) is 12.7 Å². The molecule has 1 unspecified atom stereocenters. The van der Waals surface area contributed by atoms with Crippen molar-refractivity contribution in [1.29, 1.82) is 0 Å². The molecule has 174 valence electrons. The van der Waals surface area contributed by atoms with Crippen LogP contribution in [0.15, 0.2) is 42.6 Å². The highest BCUT2D eigenvalue weighted by atomic mass is 16.5. The molecule has 0 aliphatic carbocycles. The molecule has 2 N–H and O–H groups in total. The molecule has 5 rings (SSSR count). The number of aliphatic hydroxyl groups excluding tert-OH is 2. The number of aryl methyl sites for hydroxylation is 2. The second-order valence-corrected chi connectivity index (χ2v) is 8.99. The number of fused-ring (bicyclic) bond motifs is 1. The van der Waals surface area contributed by atoms with Crippen LogP contribution >= 0.6 is 0 Å². The lowest BCUT2D eigenvalue weighted by atomic mass is 10.1. The molecule has 2 aromatic heterocycles. The van der Waals surface area contributed by atoms with E-state index in [1.807, 2.05) is 29.1 Å². The molecule has 3 atom stereocenters. The van der Waals surface area contributed by atoms with Crippen LogP contribution in [0.1, 0.15) is 37.1 Å². The van der Waals surface area contributed by atoms with Crippen molar-refractivity contribution < 1.29 is 14.9 Å². The Kier molecular flexibility index (Phi) is 6.39. The van der Waals surface area contributed by atoms with Gasteiger partial charge in [-0.1, -0.05) is 23.8 Å².